The first kappa shape index (κ1) is 26.3. The van der Waals surface area contributed by atoms with E-state index in [4.69, 9.17) is 23.2 Å². The smallest absolute Gasteiger partial charge is 0.335 e. The summed E-state index contributed by atoms with van der Waals surface area (Å²) in [5.41, 5.74) is 2.04. The van der Waals surface area contributed by atoms with Gasteiger partial charge in [0.1, 0.15) is 5.25 Å². The Morgan fingerprint density at radius 1 is 0.757 bits per heavy atom. The van der Waals surface area contributed by atoms with Crippen molar-refractivity contribution in [2.24, 2.45) is 0 Å². The standard InChI is InChI=1S/C28H20Cl2N2O4S/c29-19-12-13-23(24(30)15-19)26(33)31-21-10-5-11-22(16-21)37-25(17-6-2-1-3-7-17)27(34)32-20-9-4-8-18(14-20)28(35)36/h1-16,25H,(H,31,33)(H,32,34)(H,35,36). The topological polar surface area (TPSA) is 95.5 Å². The van der Waals surface area contributed by atoms with Crippen molar-refractivity contribution in [2.75, 3.05) is 10.6 Å². The number of hydrogen-bond donors (Lipinski definition) is 3. The zero-order valence-electron chi connectivity index (χ0n) is 19.2. The molecule has 0 fully saturated rings. The number of amides is 2. The first-order valence-electron chi connectivity index (χ1n) is 11.0. The summed E-state index contributed by atoms with van der Waals surface area (Å²) in [4.78, 5) is 38.1. The zero-order chi connectivity index (χ0) is 26.4. The number of halogens is 2. The Bertz CT molecular complexity index is 1460. The highest BCUT2D eigenvalue weighted by Crippen LogP contribution is 2.37. The summed E-state index contributed by atoms with van der Waals surface area (Å²) in [7, 11) is 0. The quantitative estimate of drug-likeness (QED) is 0.198. The number of anilines is 2. The molecule has 0 bridgehead atoms. The average molecular weight is 551 g/mol. The van der Waals surface area contributed by atoms with Crippen molar-refractivity contribution in [3.63, 3.8) is 0 Å². The molecule has 6 nitrogen and oxygen atoms in total. The van der Waals surface area contributed by atoms with Crippen LogP contribution in [0.5, 0.6) is 0 Å². The van der Waals surface area contributed by atoms with Crippen LogP contribution in [0.2, 0.25) is 10.0 Å². The molecule has 37 heavy (non-hydrogen) atoms. The third-order valence-corrected chi connectivity index (χ3v) is 7.03. The van der Waals surface area contributed by atoms with E-state index in [-0.39, 0.29) is 28.0 Å². The number of carbonyl (C=O) groups excluding carboxylic acids is 2. The third-order valence-electron chi connectivity index (χ3n) is 5.24. The number of thioether (sulfide) groups is 1. The summed E-state index contributed by atoms with van der Waals surface area (Å²) in [6.07, 6.45) is 0. The molecule has 186 valence electrons. The van der Waals surface area contributed by atoms with E-state index in [0.717, 1.165) is 10.5 Å². The first-order valence-corrected chi connectivity index (χ1v) is 12.7. The lowest BCUT2D eigenvalue weighted by atomic mass is 10.1. The van der Waals surface area contributed by atoms with E-state index in [1.54, 1.807) is 42.5 Å². The highest BCUT2D eigenvalue weighted by Gasteiger charge is 2.23. The van der Waals surface area contributed by atoms with Crippen LogP contribution in [0, 0.1) is 0 Å². The Hall–Kier alpha value is -3.78. The molecule has 0 aliphatic heterocycles. The van der Waals surface area contributed by atoms with E-state index < -0.39 is 11.2 Å². The molecule has 4 aromatic rings. The lowest BCUT2D eigenvalue weighted by Crippen LogP contribution is -2.19. The summed E-state index contributed by atoms with van der Waals surface area (Å²) >= 11 is 13.4. The monoisotopic (exact) mass is 550 g/mol. The van der Waals surface area contributed by atoms with Gasteiger partial charge < -0.3 is 15.7 Å². The molecule has 0 saturated carbocycles. The van der Waals surface area contributed by atoms with Crippen molar-refractivity contribution < 1.29 is 19.5 Å². The number of benzene rings is 4. The Morgan fingerprint density at radius 2 is 1.46 bits per heavy atom. The minimum absolute atomic E-state index is 0.0750. The first-order chi connectivity index (χ1) is 17.8. The van der Waals surface area contributed by atoms with E-state index in [0.29, 0.717) is 16.4 Å². The van der Waals surface area contributed by atoms with Gasteiger partial charge in [0.25, 0.3) is 5.91 Å². The maximum atomic E-state index is 13.3. The molecule has 0 heterocycles. The Labute approximate surface area is 227 Å². The summed E-state index contributed by atoms with van der Waals surface area (Å²) in [5.74, 6) is -1.79. The normalized spacial score (nSPS) is 11.4. The SMILES string of the molecule is O=C(O)c1cccc(NC(=O)C(Sc2cccc(NC(=O)c3ccc(Cl)cc3Cl)c2)c2ccccc2)c1. The van der Waals surface area contributed by atoms with E-state index >= 15 is 0 Å². The molecule has 3 N–H and O–H groups in total. The van der Waals surface area contributed by atoms with Gasteiger partial charge in [-0.1, -0.05) is 65.7 Å². The molecule has 0 spiro atoms. The molecular formula is C28H20Cl2N2O4S. The molecule has 1 atom stereocenters. The van der Waals surface area contributed by atoms with Crippen LogP contribution in [0.25, 0.3) is 0 Å². The molecule has 0 saturated heterocycles. The molecule has 0 aromatic heterocycles. The van der Waals surface area contributed by atoms with Crippen LogP contribution < -0.4 is 10.6 Å². The average Bonchev–Trinajstić information content (AvgIpc) is 2.88. The summed E-state index contributed by atoms with van der Waals surface area (Å²) in [6, 6.07) is 27.1. The van der Waals surface area contributed by atoms with E-state index in [2.05, 4.69) is 10.6 Å². The van der Waals surface area contributed by atoms with Gasteiger partial charge in [-0.15, -0.1) is 11.8 Å². The zero-order valence-corrected chi connectivity index (χ0v) is 21.5. The Kier molecular flexibility index (Phi) is 8.50. The number of aromatic carboxylic acids is 1. The fourth-order valence-corrected chi connectivity index (χ4v) is 5.07. The molecule has 2 amide bonds. The lowest BCUT2D eigenvalue weighted by Gasteiger charge is -2.18. The molecule has 4 rings (SSSR count). The number of carboxylic acids is 1. The van der Waals surface area contributed by atoms with Crippen molar-refractivity contribution in [1.82, 2.24) is 0 Å². The second kappa shape index (κ2) is 12.0. The molecular weight excluding hydrogens is 531 g/mol. The van der Waals surface area contributed by atoms with Crippen LogP contribution in [0.4, 0.5) is 11.4 Å². The maximum Gasteiger partial charge on any atom is 0.335 e. The van der Waals surface area contributed by atoms with E-state index in [9.17, 15) is 19.5 Å². The van der Waals surface area contributed by atoms with Gasteiger partial charge in [0.05, 0.1) is 16.1 Å². The molecule has 4 aromatic carbocycles. The third kappa shape index (κ3) is 6.92. The number of nitrogens with one attached hydrogen (secondary N) is 2. The number of rotatable bonds is 8. The predicted molar refractivity (Wildman–Crippen MR) is 148 cm³/mol. The fraction of sp³-hybridized carbons (Fsp3) is 0.0357. The van der Waals surface area contributed by atoms with Crippen LogP contribution in [0.1, 0.15) is 31.5 Å². The second-order valence-electron chi connectivity index (χ2n) is 7.89. The van der Waals surface area contributed by atoms with E-state index in [1.807, 2.05) is 36.4 Å². The van der Waals surface area contributed by atoms with Crippen LogP contribution in [0.3, 0.4) is 0 Å². The summed E-state index contributed by atoms with van der Waals surface area (Å²) < 4.78 is 0. The summed E-state index contributed by atoms with van der Waals surface area (Å²) in [5, 5.41) is 14.9. The van der Waals surface area contributed by atoms with Gasteiger partial charge in [-0.05, 0) is 60.2 Å². The fourth-order valence-electron chi connectivity index (χ4n) is 3.49. The van der Waals surface area contributed by atoms with Crippen molar-refractivity contribution in [3.05, 3.63) is 124 Å². The van der Waals surface area contributed by atoms with Crippen LogP contribution >= 0.6 is 35.0 Å². The molecule has 0 radical (unpaired) electrons. The molecule has 0 aliphatic rings. The highest BCUT2D eigenvalue weighted by atomic mass is 35.5. The lowest BCUT2D eigenvalue weighted by molar-refractivity contribution is -0.115. The Balaban J connectivity index is 1.55. The van der Waals surface area contributed by atoms with Gasteiger partial charge in [-0.3, -0.25) is 9.59 Å². The number of hydrogen-bond acceptors (Lipinski definition) is 4. The van der Waals surface area contributed by atoms with Crippen molar-refractivity contribution in [1.29, 1.82) is 0 Å². The van der Waals surface area contributed by atoms with Gasteiger partial charge in [-0.2, -0.15) is 0 Å². The van der Waals surface area contributed by atoms with E-state index in [1.165, 1.54) is 30.0 Å². The van der Waals surface area contributed by atoms with Crippen LogP contribution in [-0.2, 0) is 4.79 Å². The van der Waals surface area contributed by atoms with Crippen LogP contribution in [0.15, 0.2) is 102 Å². The maximum absolute atomic E-state index is 13.3. The largest absolute Gasteiger partial charge is 0.478 e. The van der Waals surface area contributed by atoms with Gasteiger partial charge in [-0.25, -0.2) is 4.79 Å². The molecule has 1 unspecified atom stereocenters. The molecule has 0 aliphatic carbocycles. The van der Waals surface area contributed by atoms with Gasteiger partial charge >= 0.3 is 5.97 Å². The minimum Gasteiger partial charge on any atom is -0.478 e. The second-order valence-corrected chi connectivity index (χ2v) is 9.91. The highest BCUT2D eigenvalue weighted by molar-refractivity contribution is 8.00. The number of carboxylic acid groups (broad SMARTS) is 1. The van der Waals surface area contributed by atoms with Crippen LogP contribution in [-0.4, -0.2) is 22.9 Å². The van der Waals surface area contributed by atoms with Crippen molar-refractivity contribution in [2.45, 2.75) is 10.1 Å². The Morgan fingerprint density at radius 3 is 2.16 bits per heavy atom. The number of carbonyl (C=O) groups is 3. The minimum atomic E-state index is -1.08. The predicted octanol–water partition coefficient (Wildman–Crippen LogP) is 7.42. The molecule has 9 heteroatoms. The van der Waals surface area contributed by atoms with Crippen molar-refractivity contribution in [3.8, 4) is 0 Å². The van der Waals surface area contributed by atoms with Gasteiger partial charge in [0.15, 0.2) is 0 Å². The van der Waals surface area contributed by atoms with Gasteiger partial charge in [0, 0.05) is 21.3 Å². The van der Waals surface area contributed by atoms with Crippen molar-refractivity contribution >= 4 is 64.1 Å². The summed E-state index contributed by atoms with van der Waals surface area (Å²) in [6.45, 7) is 0. The van der Waals surface area contributed by atoms with Gasteiger partial charge in [0.2, 0.25) is 5.91 Å².